The van der Waals surface area contributed by atoms with Crippen LogP contribution in [-0.2, 0) is 22.4 Å². The summed E-state index contributed by atoms with van der Waals surface area (Å²) in [4.78, 5) is 40.0. The Morgan fingerprint density at radius 2 is 0.971 bits per heavy atom. The van der Waals surface area contributed by atoms with Gasteiger partial charge in [-0.25, -0.2) is 9.97 Å². The van der Waals surface area contributed by atoms with Crippen LogP contribution in [0, 0.1) is 13.8 Å². The summed E-state index contributed by atoms with van der Waals surface area (Å²) in [7, 11) is 6.73. The second-order valence-corrected chi connectivity index (χ2v) is 18.2. The van der Waals surface area contributed by atoms with Crippen LogP contribution in [0.15, 0.2) is 109 Å². The Morgan fingerprint density at radius 1 is 0.529 bits per heavy atom. The third-order valence-corrected chi connectivity index (χ3v) is 13.9. The van der Waals surface area contributed by atoms with E-state index in [0.717, 1.165) is 145 Å². The summed E-state index contributed by atoms with van der Waals surface area (Å²) in [5, 5.41) is 0. The number of hydrogen-bond donors (Lipinski definition) is 0. The highest BCUT2D eigenvalue weighted by molar-refractivity contribution is 5.99. The molecule has 0 spiro atoms. The molecule has 2 fully saturated rings. The van der Waals surface area contributed by atoms with Gasteiger partial charge in [0.15, 0.2) is 0 Å². The molecular formula is C56H62N6O6. The number of aryl methyl sites for hydroxylation is 4. The quantitative estimate of drug-likeness (QED) is 0.125. The second kappa shape index (κ2) is 20.4. The molecule has 352 valence electrons. The fourth-order valence-corrected chi connectivity index (χ4v) is 10.4. The number of rotatable bonds is 10. The molecule has 2 atom stereocenters. The number of carbonyl (C=O) groups is 2. The maximum atomic E-state index is 13.6. The molecule has 0 bridgehead atoms. The number of nitrogens with zero attached hydrogens (tertiary/aromatic N) is 6. The van der Waals surface area contributed by atoms with Crippen LogP contribution in [-0.4, -0.2) is 82.2 Å². The molecular weight excluding hydrogens is 853 g/mol. The second-order valence-electron chi connectivity index (χ2n) is 18.2. The highest BCUT2D eigenvalue weighted by Crippen LogP contribution is 2.41. The van der Waals surface area contributed by atoms with Crippen molar-refractivity contribution in [3.8, 4) is 34.4 Å². The molecule has 4 aliphatic rings. The standard InChI is InChI=1S/2C28H31N3O3/c2*1-19-17-30(18-29-19)26-12-9-20(15-27(26)34-3)14-22-7-5-13-31(28(22)32)25-8-4-6-21-10-11-23(33-2)16-24(21)25/h2*9-12,14-18,25H,4-8,13H2,1-3H3/b2*22-14+/t2*25-/m10/s1. The topological polar surface area (TPSA) is 113 Å². The maximum absolute atomic E-state index is 13.6. The number of amides is 2. The molecule has 0 radical (unpaired) electrons. The van der Waals surface area contributed by atoms with Crippen molar-refractivity contribution in [3.05, 3.63) is 154 Å². The van der Waals surface area contributed by atoms with Crippen LogP contribution in [0.1, 0.15) is 108 Å². The van der Waals surface area contributed by atoms with E-state index in [-0.39, 0.29) is 23.9 Å². The molecule has 0 unspecified atom stereocenters. The van der Waals surface area contributed by atoms with E-state index in [1.807, 2.05) is 96.1 Å². The zero-order valence-corrected chi connectivity index (χ0v) is 40.2. The third kappa shape index (κ3) is 9.68. The van der Waals surface area contributed by atoms with Crippen molar-refractivity contribution in [1.82, 2.24) is 28.9 Å². The lowest BCUT2D eigenvalue weighted by Crippen LogP contribution is -2.41. The molecule has 2 aliphatic heterocycles. The fraction of sp³-hybridized carbons (Fsp3) is 0.357. The molecule has 2 aromatic heterocycles. The van der Waals surface area contributed by atoms with Gasteiger partial charge in [0, 0.05) is 36.6 Å². The summed E-state index contributed by atoms with van der Waals surface area (Å²) in [6.45, 7) is 5.51. The summed E-state index contributed by atoms with van der Waals surface area (Å²) < 4.78 is 26.2. The largest absolute Gasteiger partial charge is 0.497 e. The number of piperidine rings is 2. The minimum atomic E-state index is 0.108. The first kappa shape index (κ1) is 46.0. The van der Waals surface area contributed by atoms with E-state index in [0.29, 0.717) is 0 Å². The molecule has 2 saturated heterocycles. The van der Waals surface area contributed by atoms with E-state index in [1.54, 1.807) is 41.1 Å². The number of ether oxygens (including phenoxy) is 4. The van der Waals surface area contributed by atoms with Gasteiger partial charge in [-0.3, -0.25) is 9.59 Å². The summed E-state index contributed by atoms with van der Waals surface area (Å²) in [6, 6.07) is 24.9. The normalized spacial score (nSPS) is 19.3. The van der Waals surface area contributed by atoms with E-state index in [4.69, 9.17) is 18.9 Å². The van der Waals surface area contributed by atoms with Crippen molar-refractivity contribution >= 4 is 24.0 Å². The molecule has 10 rings (SSSR count). The zero-order chi connectivity index (χ0) is 47.3. The van der Waals surface area contributed by atoms with E-state index in [2.05, 4.69) is 44.0 Å². The average Bonchev–Trinajstić information content (AvgIpc) is 4.02. The minimum Gasteiger partial charge on any atom is -0.497 e. The van der Waals surface area contributed by atoms with Gasteiger partial charge in [0.05, 0.1) is 75.9 Å². The van der Waals surface area contributed by atoms with Crippen molar-refractivity contribution in [2.24, 2.45) is 0 Å². The SMILES string of the molecule is COc1ccc2c(c1)[C@@H](N1CCC/C(=C\c3ccc(-n4cnc(C)c4)c(OC)c3)C1=O)CCC2.COc1ccc2c(c1)[C@H](N1CCC/C(=C\c3ccc(-n4cnc(C)c4)c(OC)c3)C1=O)CCC2. The highest BCUT2D eigenvalue weighted by Gasteiger charge is 2.35. The number of likely N-dealkylation sites (tertiary alicyclic amines) is 2. The van der Waals surface area contributed by atoms with E-state index >= 15 is 0 Å². The molecule has 2 aliphatic carbocycles. The summed E-state index contributed by atoms with van der Waals surface area (Å²) in [6.07, 6.45) is 21.4. The van der Waals surface area contributed by atoms with E-state index in [9.17, 15) is 9.59 Å². The summed E-state index contributed by atoms with van der Waals surface area (Å²) in [5.41, 5.74) is 12.5. The Bertz CT molecular complexity index is 2680. The van der Waals surface area contributed by atoms with Crippen LogP contribution in [0.3, 0.4) is 0 Å². The first-order valence-electron chi connectivity index (χ1n) is 23.9. The van der Waals surface area contributed by atoms with Gasteiger partial charge in [0.25, 0.3) is 0 Å². The molecule has 12 heteroatoms. The number of benzene rings is 4. The van der Waals surface area contributed by atoms with Gasteiger partial charge < -0.3 is 37.9 Å². The van der Waals surface area contributed by atoms with Gasteiger partial charge in [-0.05, 0) is 172 Å². The van der Waals surface area contributed by atoms with Gasteiger partial charge in [0.1, 0.15) is 23.0 Å². The lowest BCUT2D eigenvalue weighted by molar-refractivity contribution is -0.132. The monoisotopic (exact) mass is 914 g/mol. The maximum Gasteiger partial charge on any atom is 0.250 e. The van der Waals surface area contributed by atoms with Crippen LogP contribution in [0.4, 0.5) is 0 Å². The van der Waals surface area contributed by atoms with Crippen molar-refractivity contribution in [1.29, 1.82) is 0 Å². The van der Waals surface area contributed by atoms with Gasteiger partial charge in [-0.2, -0.15) is 0 Å². The number of carbonyl (C=O) groups excluding carboxylic acids is 2. The smallest absolute Gasteiger partial charge is 0.250 e. The number of imidazole rings is 2. The molecule has 4 heterocycles. The molecule has 4 aromatic carbocycles. The summed E-state index contributed by atoms with van der Waals surface area (Å²) in [5.74, 6) is 3.48. The third-order valence-electron chi connectivity index (χ3n) is 13.9. The van der Waals surface area contributed by atoms with Gasteiger partial charge in [-0.1, -0.05) is 24.3 Å². The Morgan fingerprint density at radius 3 is 1.35 bits per heavy atom. The van der Waals surface area contributed by atoms with Gasteiger partial charge in [0.2, 0.25) is 11.8 Å². The Labute approximate surface area is 399 Å². The van der Waals surface area contributed by atoms with E-state index < -0.39 is 0 Å². The first-order valence-corrected chi connectivity index (χ1v) is 23.9. The summed E-state index contributed by atoms with van der Waals surface area (Å²) >= 11 is 0. The predicted molar refractivity (Wildman–Crippen MR) is 265 cm³/mol. The zero-order valence-electron chi connectivity index (χ0n) is 40.2. The Balaban J connectivity index is 0.000000170. The lowest BCUT2D eigenvalue weighted by atomic mass is 9.85. The van der Waals surface area contributed by atoms with Gasteiger partial charge in [-0.15, -0.1) is 0 Å². The fourth-order valence-electron chi connectivity index (χ4n) is 10.4. The number of aromatic nitrogens is 4. The Kier molecular flexibility index (Phi) is 13.8. The molecule has 2 amide bonds. The van der Waals surface area contributed by atoms with Crippen molar-refractivity contribution < 1.29 is 28.5 Å². The first-order chi connectivity index (χ1) is 33.1. The van der Waals surface area contributed by atoms with Crippen LogP contribution >= 0.6 is 0 Å². The Hall–Kier alpha value is -7.08. The van der Waals surface area contributed by atoms with Crippen LogP contribution in [0.5, 0.6) is 23.0 Å². The molecule has 0 N–H and O–H groups in total. The highest BCUT2D eigenvalue weighted by atomic mass is 16.5. The van der Waals surface area contributed by atoms with Crippen molar-refractivity contribution in [2.75, 3.05) is 41.5 Å². The molecule has 68 heavy (non-hydrogen) atoms. The van der Waals surface area contributed by atoms with Crippen molar-refractivity contribution in [2.45, 2.75) is 90.1 Å². The molecule has 6 aromatic rings. The van der Waals surface area contributed by atoms with Crippen LogP contribution < -0.4 is 18.9 Å². The number of hydrogen-bond acceptors (Lipinski definition) is 8. The average molecular weight is 915 g/mol. The lowest BCUT2D eigenvalue weighted by Gasteiger charge is -2.39. The number of methoxy groups -OCH3 is 4. The van der Waals surface area contributed by atoms with Crippen LogP contribution in [0.25, 0.3) is 23.5 Å². The van der Waals surface area contributed by atoms with Crippen LogP contribution in [0.2, 0.25) is 0 Å². The van der Waals surface area contributed by atoms with Crippen molar-refractivity contribution in [3.63, 3.8) is 0 Å². The minimum absolute atomic E-state index is 0.108. The van der Waals surface area contributed by atoms with Gasteiger partial charge >= 0.3 is 0 Å². The predicted octanol–water partition coefficient (Wildman–Crippen LogP) is 10.6. The number of fused-ring (bicyclic) bond motifs is 2. The molecule has 0 saturated carbocycles. The molecule has 12 nitrogen and oxygen atoms in total. The van der Waals surface area contributed by atoms with E-state index in [1.165, 1.54) is 22.3 Å².